The van der Waals surface area contributed by atoms with Crippen LogP contribution < -0.4 is 0 Å². The highest BCUT2D eigenvalue weighted by Gasteiger charge is 2.30. The summed E-state index contributed by atoms with van der Waals surface area (Å²) in [5.41, 5.74) is 0. The molecule has 0 aromatic rings. The molecule has 0 aromatic carbocycles. The SMILES string of the molecule is CC1OC1C=CC=CC(=O)O. The van der Waals surface area contributed by atoms with Gasteiger partial charge in [-0.05, 0) is 6.92 Å². The average molecular weight is 154 g/mol. The Bertz CT molecular complexity index is 205. The number of rotatable bonds is 3. The first kappa shape index (κ1) is 8.01. The van der Waals surface area contributed by atoms with E-state index in [2.05, 4.69) is 0 Å². The van der Waals surface area contributed by atoms with Crippen molar-refractivity contribution in [1.82, 2.24) is 0 Å². The predicted octanol–water partition coefficient (Wildman–Crippen LogP) is 0.971. The molecular weight excluding hydrogens is 144 g/mol. The minimum atomic E-state index is -0.931. The number of epoxide rings is 1. The third-order valence-electron chi connectivity index (χ3n) is 1.41. The van der Waals surface area contributed by atoms with Crippen LogP contribution in [0.1, 0.15) is 6.92 Å². The topological polar surface area (TPSA) is 49.8 Å². The molecule has 2 atom stereocenters. The van der Waals surface area contributed by atoms with E-state index in [-0.39, 0.29) is 6.10 Å². The smallest absolute Gasteiger partial charge is 0.328 e. The molecule has 1 saturated heterocycles. The number of ether oxygens (including phenoxy) is 1. The van der Waals surface area contributed by atoms with Crippen LogP contribution in [0.2, 0.25) is 0 Å². The van der Waals surface area contributed by atoms with Crippen molar-refractivity contribution < 1.29 is 14.6 Å². The summed E-state index contributed by atoms with van der Waals surface area (Å²) >= 11 is 0. The van der Waals surface area contributed by atoms with Crippen LogP contribution in [-0.4, -0.2) is 23.3 Å². The van der Waals surface area contributed by atoms with Gasteiger partial charge >= 0.3 is 5.97 Å². The lowest BCUT2D eigenvalue weighted by Crippen LogP contribution is -1.85. The zero-order chi connectivity index (χ0) is 8.27. The molecule has 1 aliphatic heterocycles. The van der Waals surface area contributed by atoms with Gasteiger partial charge in [-0.25, -0.2) is 4.79 Å². The Hall–Kier alpha value is -1.09. The number of carbonyl (C=O) groups is 1. The fraction of sp³-hybridized carbons (Fsp3) is 0.375. The Kier molecular flexibility index (Phi) is 2.44. The number of hydrogen-bond donors (Lipinski definition) is 1. The van der Waals surface area contributed by atoms with E-state index >= 15 is 0 Å². The Balaban J connectivity index is 2.21. The Labute approximate surface area is 65.0 Å². The summed E-state index contributed by atoms with van der Waals surface area (Å²) in [6, 6.07) is 0. The molecule has 3 heteroatoms. The van der Waals surface area contributed by atoms with Crippen LogP contribution in [0.25, 0.3) is 0 Å². The van der Waals surface area contributed by atoms with E-state index in [9.17, 15) is 4.79 Å². The standard InChI is InChI=1S/C8H10O3/c1-6-7(11-6)4-2-3-5-8(9)10/h2-7H,1H3,(H,9,10). The van der Waals surface area contributed by atoms with E-state index in [1.165, 1.54) is 6.08 Å². The normalized spacial score (nSPS) is 29.9. The van der Waals surface area contributed by atoms with Gasteiger partial charge in [-0.1, -0.05) is 18.2 Å². The van der Waals surface area contributed by atoms with E-state index in [0.29, 0.717) is 6.10 Å². The van der Waals surface area contributed by atoms with Crippen LogP contribution in [0.4, 0.5) is 0 Å². The van der Waals surface area contributed by atoms with Crippen molar-refractivity contribution in [3.8, 4) is 0 Å². The van der Waals surface area contributed by atoms with Gasteiger partial charge in [0.1, 0.15) is 6.10 Å². The molecule has 0 aliphatic carbocycles. The molecule has 60 valence electrons. The van der Waals surface area contributed by atoms with Gasteiger partial charge in [-0.3, -0.25) is 0 Å². The molecule has 2 unspecified atom stereocenters. The summed E-state index contributed by atoms with van der Waals surface area (Å²) in [5, 5.41) is 8.19. The summed E-state index contributed by atoms with van der Waals surface area (Å²) in [7, 11) is 0. The molecule has 1 aliphatic rings. The lowest BCUT2D eigenvalue weighted by Gasteiger charge is -1.75. The molecule has 0 saturated carbocycles. The molecule has 0 aromatic heterocycles. The van der Waals surface area contributed by atoms with Crippen LogP contribution in [-0.2, 0) is 9.53 Å². The fourth-order valence-corrected chi connectivity index (χ4v) is 0.716. The number of allylic oxidation sites excluding steroid dienone is 2. The second kappa shape index (κ2) is 3.34. The second-order valence-corrected chi connectivity index (χ2v) is 2.39. The quantitative estimate of drug-likeness (QED) is 0.374. The summed E-state index contributed by atoms with van der Waals surface area (Å²) in [6.07, 6.45) is 6.57. The molecule has 11 heavy (non-hydrogen) atoms. The lowest BCUT2D eigenvalue weighted by molar-refractivity contribution is -0.131. The van der Waals surface area contributed by atoms with E-state index in [4.69, 9.17) is 9.84 Å². The molecule has 3 nitrogen and oxygen atoms in total. The summed E-state index contributed by atoms with van der Waals surface area (Å²) in [6.45, 7) is 1.97. The highest BCUT2D eigenvalue weighted by Crippen LogP contribution is 2.21. The van der Waals surface area contributed by atoms with Crippen molar-refractivity contribution in [3.63, 3.8) is 0 Å². The van der Waals surface area contributed by atoms with Crippen molar-refractivity contribution in [1.29, 1.82) is 0 Å². The van der Waals surface area contributed by atoms with E-state index < -0.39 is 5.97 Å². The van der Waals surface area contributed by atoms with Crippen molar-refractivity contribution in [2.45, 2.75) is 19.1 Å². The van der Waals surface area contributed by atoms with E-state index in [1.54, 1.807) is 6.08 Å². The van der Waals surface area contributed by atoms with Crippen molar-refractivity contribution in [3.05, 3.63) is 24.3 Å². The van der Waals surface area contributed by atoms with Gasteiger partial charge in [0.25, 0.3) is 0 Å². The third kappa shape index (κ3) is 3.00. The van der Waals surface area contributed by atoms with Gasteiger partial charge in [0.2, 0.25) is 0 Å². The maximum Gasteiger partial charge on any atom is 0.328 e. The van der Waals surface area contributed by atoms with Crippen molar-refractivity contribution in [2.24, 2.45) is 0 Å². The first-order valence-corrected chi connectivity index (χ1v) is 3.43. The minimum absolute atomic E-state index is 0.188. The molecule has 1 heterocycles. The molecule has 0 radical (unpaired) electrons. The molecular formula is C8H10O3. The average Bonchev–Trinajstić information content (AvgIpc) is 2.59. The summed E-state index contributed by atoms with van der Waals surface area (Å²) < 4.78 is 5.06. The maximum atomic E-state index is 9.97. The second-order valence-electron chi connectivity index (χ2n) is 2.39. The highest BCUT2D eigenvalue weighted by atomic mass is 16.6. The Morgan fingerprint density at radius 1 is 1.55 bits per heavy atom. The summed E-state index contributed by atoms with van der Waals surface area (Å²) in [4.78, 5) is 9.97. The van der Waals surface area contributed by atoms with Gasteiger partial charge in [0.05, 0.1) is 6.10 Å². The third-order valence-corrected chi connectivity index (χ3v) is 1.41. The molecule has 1 N–H and O–H groups in total. The van der Waals surface area contributed by atoms with Gasteiger partial charge in [0, 0.05) is 6.08 Å². The van der Waals surface area contributed by atoms with Crippen LogP contribution in [0.15, 0.2) is 24.3 Å². The Morgan fingerprint density at radius 2 is 2.18 bits per heavy atom. The largest absolute Gasteiger partial charge is 0.478 e. The van der Waals surface area contributed by atoms with Crippen LogP contribution >= 0.6 is 0 Å². The molecule has 0 amide bonds. The van der Waals surface area contributed by atoms with Crippen molar-refractivity contribution in [2.75, 3.05) is 0 Å². The van der Waals surface area contributed by atoms with Crippen LogP contribution in [0, 0.1) is 0 Å². The number of carboxylic acid groups (broad SMARTS) is 1. The molecule has 0 bridgehead atoms. The Morgan fingerprint density at radius 3 is 2.64 bits per heavy atom. The first-order chi connectivity index (χ1) is 5.20. The van der Waals surface area contributed by atoms with Gasteiger partial charge < -0.3 is 9.84 Å². The predicted molar refractivity (Wildman–Crippen MR) is 40.3 cm³/mol. The number of aliphatic carboxylic acids is 1. The lowest BCUT2D eigenvalue weighted by atomic mass is 10.3. The van der Waals surface area contributed by atoms with Crippen LogP contribution in [0.3, 0.4) is 0 Å². The van der Waals surface area contributed by atoms with Gasteiger partial charge in [0.15, 0.2) is 0 Å². The fourth-order valence-electron chi connectivity index (χ4n) is 0.716. The zero-order valence-electron chi connectivity index (χ0n) is 6.23. The maximum absolute atomic E-state index is 9.97. The van der Waals surface area contributed by atoms with Gasteiger partial charge in [-0.2, -0.15) is 0 Å². The van der Waals surface area contributed by atoms with Crippen molar-refractivity contribution >= 4 is 5.97 Å². The minimum Gasteiger partial charge on any atom is -0.478 e. The summed E-state index contributed by atoms with van der Waals surface area (Å²) in [5.74, 6) is -0.931. The number of hydrogen-bond acceptors (Lipinski definition) is 2. The van der Waals surface area contributed by atoms with E-state index in [0.717, 1.165) is 6.08 Å². The first-order valence-electron chi connectivity index (χ1n) is 3.43. The molecule has 1 rings (SSSR count). The molecule has 1 fully saturated rings. The monoisotopic (exact) mass is 154 g/mol. The van der Waals surface area contributed by atoms with Gasteiger partial charge in [-0.15, -0.1) is 0 Å². The number of carboxylic acids is 1. The highest BCUT2D eigenvalue weighted by molar-refractivity contribution is 5.80. The zero-order valence-corrected chi connectivity index (χ0v) is 6.23. The van der Waals surface area contributed by atoms with Crippen LogP contribution in [0.5, 0.6) is 0 Å². The molecule has 0 spiro atoms. The van der Waals surface area contributed by atoms with E-state index in [1.807, 2.05) is 13.0 Å².